The van der Waals surface area contributed by atoms with Crippen LogP contribution in [0.4, 0.5) is 0 Å². The van der Waals surface area contributed by atoms with Crippen molar-refractivity contribution in [1.29, 1.82) is 0 Å². The molecule has 0 spiro atoms. The van der Waals surface area contributed by atoms with Crippen molar-refractivity contribution in [2.75, 3.05) is 19.6 Å². The lowest BCUT2D eigenvalue weighted by Crippen LogP contribution is -2.48. The Kier molecular flexibility index (Phi) is 5.50. The highest BCUT2D eigenvalue weighted by atomic mass is 15.2. The number of nitrogens with zero attached hydrogens (tertiary/aromatic N) is 1. The first-order valence-electron chi connectivity index (χ1n) is 8.16. The van der Waals surface area contributed by atoms with Gasteiger partial charge in [-0.1, -0.05) is 33.6 Å². The molecule has 1 N–H and O–H groups in total. The third-order valence-electron chi connectivity index (χ3n) is 5.08. The largest absolute Gasteiger partial charge is 0.312 e. The van der Waals surface area contributed by atoms with Gasteiger partial charge < -0.3 is 5.32 Å². The molecule has 18 heavy (non-hydrogen) atoms. The maximum Gasteiger partial charge on any atom is 0.0243 e. The normalized spacial score (nSPS) is 32.0. The summed E-state index contributed by atoms with van der Waals surface area (Å²) < 4.78 is 0. The van der Waals surface area contributed by atoms with Crippen LogP contribution in [-0.4, -0.2) is 36.6 Å². The van der Waals surface area contributed by atoms with Gasteiger partial charge in [0, 0.05) is 18.6 Å². The van der Waals surface area contributed by atoms with Crippen LogP contribution in [-0.2, 0) is 0 Å². The van der Waals surface area contributed by atoms with E-state index in [2.05, 4.69) is 31.0 Å². The second-order valence-corrected chi connectivity index (χ2v) is 6.83. The van der Waals surface area contributed by atoms with Crippen molar-refractivity contribution in [3.8, 4) is 0 Å². The Bertz CT molecular complexity index is 233. The standard InChI is InChI=1S/C16H32N2/c1-13(2)16(18-10-6-7-11-18)12-17-15-9-5-4-8-14(15)3/h13-17H,4-12H2,1-3H3. The van der Waals surface area contributed by atoms with Crippen LogP contribution in [0.15, 0.2) is 0 Å². The topological polar surface area (TPSA) is 15.3 Å². The van der Waals surface area contributed by atoms with E-state index in [-0.39, 0.29) is 0 Å². The average Bonchev–Trinajstić information content (AvgIpc) is 2.85. The van der Waals surface area contributed by atoms with E-state index in [9.17, 15) is 0 Å². The van der Waals surface area contributed by atoms with Crippen LogP contribution in [0.1, 0.15) is 59.3 Å². The zero-order valence-corrected chi connectivity index (χ0v) is 12.6. The van der Waals surface area contributed by atoms with Crippen LogP contribution in [0.25, 0.3) is 0 Å². The Morgan fingerprint density at radius 1 is 1.06 bits per heavy atom. The molecule has 2 heteroatoms. The zero-order chi connectivity index (χ0) is 13.0. The third-order valence-corrected chi connectivity index (χ3v) is 5.08. The quantitative estimate of drug-likeness (QED) is 0.808. The molecule has 2 nitrogen and oxygen atoms in total. The van der Waals surface area contributed by atoms with E-state index in [1.807, 2.05) is 0 Å². The highest BCUT2D eigenvalue weighted by molar-refractivity contribution is 4.84. The molecule has 1 aliphatic heterocycles. The molecule has 0 amide bonds. The Hall–Kier alpha value is -0.0800. The van der Waals surface area contributed by atoms with Gasteiger partial charge in [-0.15, -0.1) is 0 Å². The lowest BCUT2D eigenvalue weighted by atomic mass is 9.85. The summed E-state index contributed by atoms with van der Waals surface area (Å²) in [7, 11) is 0. The Morgan fingerprint density at radius 2 is 1.72 bits per heavy atom. The van der Waals surface area contributed by atoms with Crippen molar-refractivity contribution < 1.29 is 0 Å². The van der Waals surface area contributed by atoms with Gasteiger partial charge in [-0.05, 0) is 50.6 Å². The van der Waals surface area contributed by atoms with E-state index in [4.69, 9.17) is 0 Å². The van der Waals surface area contributed by atoms with E-state index >= 15 is 0 Å². The lowest BCUT2D eigenvalue weighted by Gasteiger charge is -2.35. The summed E-state index contributed by atoms with van der Waals surface area (Å²) in [6, 6.07) is 1.53. The van der Waals surface area contributed by atoms with E-state index in [1.165, 1.54) is 58.2 Å². The van der Waals surface area contributed by atoms with E-state index < -0.39 is 0 Å². The van der Waals surface area contributed by atoms with Gasteiger partial charge in [0.15, 0.2) is 0 Å². The number of hydrogen-bond acceptors (Lipinski definition) is 2. The summed E-state index contributed by atoms with van der Waals surface area (Å²) >= 11 is 0. The van der Waals surface area contributed by atoms with Crippen LogP contribution < -0.4 is 5.32 Å². The molecule has 0 radical (unpaired) electrons. The van der Waals surface area contributed by atoms with Crippen molar-refractivity contribution in [3.63, 3.8) is 0 Å². The maximum absolute atomic E-state index is 3.89. The summed E-state index contributed by atoms with van der Waals surface area (Å²) in [5.41, 5.74) is 0. The second-order valence-electron chi connectivity index (χ2n) is 6.83. The predicted molar refractivity (Wildman–Crippen MR) is 78.9 cm³/mol. The van der Waals surface area contributed by atoms with Crippen molar-refractivity contribution in [2.24, 2.45) is 11.8 Å². The van der Waals surface area contributed by atoms with Gasteiger partial charge in [0.2, 0.25) is 0 Å². The smallest absolute Gasteiger partial charge is 0.0243 e. The first-order valence-corrected chi connectivity index (χ1v) is 8.16. The first-order chi connectivity index (χ1) is 8.68. The van der Waals surface area contributed by atoms with Crippen molar-refractivity contribution >= 4 is 0 Å². The van der Waals surface area contributed by atoms with Crippen LogP contribution in [0.2, 0.25) is 0 Å². The fraction of sp³-hybridized carbons (Fsp3) is 1.00. The summed E-state index contributed by atoms with van der Waals surface area (Å²) in [6.45, 7) is 11.0. The van der Waals surface area contributed by atoms with Crippen LogP contribution in [0.3, 0.4) is 0 Å². The summed E-state index contributed by atoms with van der Waals surface area (Å²) in [6.07, 6.45) is 8.50. The minimum Gasteiger partial charge on any atom is -0.312 e. The Morgan fingerprint density at radius 3 is 2.33 bits per heavy atom. The SMILES string of the molecule is CC(C)C(CNC1CCCCC1C)N1CCCC1. The van der Waals surface area contributed by atoms with Crippen molar-refractivity contribution in [1.82, 2.24) is 10.2 Å². The summed E-state index contributed by atoms with van der Waals surface area (Å²) in [5, 5.41) is 3.89. The molecule has 2 rings (SSSR count). The van der Waals surface area contributed by atoms with Crippen LogP contribution in [0.5, 0.6) is 0 Å². The number of nitrogens with one attached hydrogen (secondary N) is 1. The molecule has 3 unspecified atom stereocenters. The van der Waals surface area contributed by atoms with E-state index in [0.29, 0.717) is 0 Å². The molecule has 106 valence electrons. The van der Waals surface area contributed by atoms with Crippen molar-refractivity contribution in [3.05, 3.63) is 0 Å². The third kappa shape index (κ3) is 3.71. The van der Waals surface area contributed by atoms with Gasteiger partial charge in [0.25, 0.3) is 0 Å². The van der Waals surface area contributed by atoms with Crippen LogP contribution >= 0.6 is 0 Å². The number of rotatable bonds is 5. The molecule has 2 aliphatic rings. The zero-order valence-electron chi connectivity index (χ0n) is 12.6. The van der Waals surface area contributed by atoms with Crippen LogP contribution in [0, 0.1) is 11.8 Å². The van der Waals surface area contributed by atoms with E-state index in [0.717, 1.165) is 23.9 Å². The summed E-state index contributed by atoms with van der Waals surface area (Å²) in [5.74, 6) is 1.65. The highest BCUT2D eigenvalue weighted by Gasteiger charge is 2.27. The minimum atomic E-state index is 0.752. The van der Waals surface area contributed by atoms with Gasteiger partial charge in [0.1, 0.15) is 0 Å². The van der Waals surface area contributed by atoms with Gasteiger partial charge in [-0.25, -0.2) is 0 Å². The molecule has 0 bridgehead atoms. The number of hydrogen-bond donors (Lipinski definition) is 1. The van der Waals surface area contributed by atoms with Gasteiger partial charge in [0.05, 0.1) is 0 Å². The maximum atomic E-state index is 3.89. The molecule has 1 heterocycles. The van der Waals surface area contributed by atoms with Crippen molar-refractivity contribution in [2.45, 2.75) is 71.4 Å². The van der Waals surface area contributed by atoms with Gasteiger partial charge in [-0.2, -0.15) is 0 Å². The molecule has 1 saturated carbocycles. The molecular weight excluding hydrogens is 220 g/mol. The lowest BCUT2D eigenvalue weighted by molar-refractivity contribution is 0.169. The molecule has 0 aromatic heterocycles. The molecule has 1 saturated heterocycles. The Labute approximate surface area is 114 Å². The molecule has 0 aromatic rings. The van der Waals surface area contributed by atoms with Gasteiger partial charge in [-0.3, -0.25) is 4.90 Å². The first kappa shape index (κ1) is 14.3. The van der Waals surface area contributed by atoms with E-state index in [1.54, 1.807) is 0 Å². The summed E-state index contributed by atoms with van der Waals surface area (Å²) in [4.78, 5) is 2.71. The molecule has 0 aromatic carbocycles. The molecule has 1 aliphatic carbocycles. The average molecular weight is 252 g/mol. The second kappa shape index (κ2) is 6.91. The molecule has 2 fully saturated rings. The number of likely N-dealkylation sites (tertiary alicyclic amines) is 1. The monoisotopic (exact) mass is 252 g/mol. The van der Waals surface area contributed by atoms with Gasteiger partial charge >= 0.3 is 0 Å². The fourth-order valence-corrected chi connectivity index (χ4v) is 3.75. The highest BCUT2D eigenvalue weighted by Crippen LogP contribution is 2.24. The fourth-order valence-electron chi connectivity index (χ4n) is 3.75. The molecule has 3 atom stereocenters. The predicted octanol–water partition coefficient (Wildman–Crippen LogP) is 3.28. The molecular formula is C16H32N2. The minimum absolute atomic E-state index is 0.752. The Balaban J connectivity index is 1.81.